The van der Waals surface area contributed by atoms with Gasteiger partial charge in [-0.2, -0.15) is 0 Å². The van der Waals surface area contributed by atoms with Crippen molar-refractivity contribution < 1.29 is 22.9 Å². The number of carbonyl (C=O) groups excluding carboxylic acids is 2. The molecule has 0 bridgehead atoms. The van der Waals surface area contributed by atoms with Gasteiger partial charge in [0, 0.05) is 24.7 Å². The average Bonchev–Trinajstić information content (AvgIpc) is 2.59. The molecule has 1 N–H and O–H groups in total. The van der Waals surface area contributed by atoms with E-state index in [1.54, 1.807) is 0 Å². The maximum absolute atomic E-state index is 13.1. The highest BCUT2D eigenvalue weighted by Crippen LogP contribution is 2.30. The first-order valence-corrected chi connectivity index (χ1v) is 9.68. The molecule has 0 aliphatic heterocycles. The van der Waals surface area contributed by atoms with E-state index in [0.29, 0.717) is 5.69 Å². The molecule has 0 spiro atoms. The first-order valence-electron chi connectivity index (χ1n) is 7.86. The number of halogens is 1. The Hall–Kier alpha value is -2.98. The van der Waals surface area contributed by atoms with Crippen LogP contribution in [0.4, 0.5) is 17.1 Å². The Balaban J connectivity index is 2.51. The van der Waals surface area contributed by atoms with Crippen molar-refractivity contribution in [2.75, 3.05) is 16.2 Å². The fourth-order valence-corrected chi connectivity index (χ4v) is 4.16. The summed E-state index contributed by atoms with van der Waals surface area (Å²) in [5.41, 5.74) is 0.560. The number of anilines is 2. The largest absolute Gasteiger partial charge is 0.326 e. The molecule has 0 saturated carbocycles. The lowest BCUT2D eigenvalue weighted by Crippen LogP contribution is -2.35. The molecule has 2 aromatic rings. The van der Waals surface area contributed by atoms with Crippen molar-refractivity contribution >= 4 is 49.8 Å². The van der Waals surface area contributed by atoms with Crippen LogP contribution in [-0.2, 0) is 19.6 Å². The van der Waals surface area contributed by atoms with Crippen LogP contribution in [0.15, 0.2) is 47.4 Å². The zero-order valence-corrected chi connectivity index (χ0v) is 16.5. The number of hydrogen-bond acceptors (Lipinski definition) is 6. The van der Waals surface area contributed by atoms with Crippen LogP contribution in [0.5, 0.6) is 0 Å². The van der Waals surface area contributed by atoms with Crippen molar-refractivity contribution in [2.24, 2.45) is 0 Å². The molecule has 9 nitrogen and oxygen atoms in total. The number of aryl methyl sites for hydroxylation is 1. The molecule has 0 atom stereocenters. The number of sulfonamides is 1. The molecule has 28 heavy (non-hydrogen) atoms. The van der Waals surface area contributed by atoms with Crippen LogP contribution in [0.2, 0.25) is 0 Å². The van der Waals surface area contributed by atoms with Gasteiger partial charge in [0.25, 0.3) is 15.7 Å². The van der Waals surface area contributed by atoms with Gasteiger partial charge in [0.05, 0.1) is 15.5 Å². The maximum Gasteiger partial charge on any atom is 0.269 e. The van der Waals surface area contributed by atoms with E-state index < -0.39 is 26.7 Å². The number of hydrogen-bond donors (Lipinski definition) is 1. The van der Waals surface area contributed by atoms with Gasteiger partial charge in [0.15, 0.2) is 0 Å². The molecule has 0 saturated heterocycles. The van der Waals surface area contributed by atoms with Crippen molar-refractivity contribution in [1.29, 1.82) is 0 Å². The highest BCUT2D eigenvalue weighted by molar-refractivity contribution is 7.92. The Morgan fingerprint density at radius 1 is 1.18 bits per heavy atom. The summed E-state index contributed by atoms with van der Waals surface area (Å²) in [7, 11) is -4.20. The van der Waals surface area contributed by atoms with Crippen molar-refractivity contribution in [3.8, 4) is 0 Å². The van der Waals surface area contributed by atoms with Crippen LogP contribution in [0.25, 0.3) is 0 Å². The number of nitro benzene ring substituents is 1. The number of rotatable bonds is 7. The minimum absolute atomic E-state index is 0.0885. The van der Waals surface area contributed by atoms with E-state index in [2.05, 4.69) is 5.32 Å². The number of amides is 1. The summed E-state index contributed by atoms with van der Waals surface area (Å²) in [4.78, 5) is 32.7. The minimum atomic E-state index is -4.20. The average molecular weight is 426 g/mol. The molecule has 11 heteroatoms. The molecular formula is C17H16ClN3O6S. The number of carbonyl (C=O) groups is 2. The zero-order chi connectivity index (χ0) is 21.1. The van der Waals surface area contributed by atoms with Gasteiger partial charge >= 0.3 is 0 Å². The molecule has 148 valence electrons. The maximum atomic E-state index is 13.1. The topological polar surface area (TPSA) is 127 Å². The van der Waals surface area contributed by atoms with Crippen molar-refractivity contribution in [1.82, 2.24) is 0 Å². The summed E-state index contributed by atoms with van der Waals surface area (Å²) in [6.07, 6.45) is 0. The molecule has 0 unspecified atom stereocenters. The summed E-state index contributed by atoms with van der Waals surface area (Å²) in [6, 6.07) is 8.94. The second kappa shape index (κ2) is 8.36. The van der Waals surface area contributed by atoms with Gasteiger partial charge in [-0.05, 0) is 54.4 Å². The quantitative estimate of drug-likeness (QED) is 0.413. The van der Waals surface area contributed by atoms with Crippen LogP contribution in [-0.4, -0.2) is 31.0 Å². The normalized spacial score (nSPS) is 11.0. The predicted octanol–water partition coefficient (Wildman–Crippen LogP) is 2.82. The molecule has 2 aromatic carbocycles. The fraction of sp³-hybridized carbons (Fsp3) is 0.176. The number of non-ortho nitro benzene ring substituents is 1. The van der Waals surface area contributed by atoms with E-state index in [1.807, 2.05) is 0 Å². The molecule has 1 amide bonds. The Bertz CT molecular complexity index is 1040. The van der Waals surface area contributed by atoms with Crippen molar-refractivity contribution in [3.05, 3.63) is 58.1 Å². The molecule has 0 fully saturated rings. The number of nitrogens with one attached hydrogen (secondary N) is 1. The molecule has 0 aromatic heterocycles. The Morgan fingerprint density at radius 3 is 2.25 bits per heavy atom. The Morgan fingerprint density at radius 2 is 1.79 bits per heavy atom. The van der Waals surface area contributed by atoms with Crippen LogP contribution < -0.4 is 9.62 Å². The molecular weight excluding hydrogens is 410 g/mol. The van der Waals surface area contributed by atoms with Crippen LogP contribution in [0.3, 0.4) is 0 Å². The molecule has 0 radical (unpaired) electrons. The van der Waals surface area contributed by atoms with Crippen molar-refractivity contribution in [2.45, 2.75) is 18.7 Å². The fourth-order valence-electron chi connectivity index (χ4n) is 2.49. The molecule has 2 rings (SSSR count). The highest BCUT2D eigenvalue weighted by atomic mass is 35.5. The smallest absolute Gasteiger partial charge is 0.269 e. The minimum Gasteiger partial charge on any atom is -0.326 e. The molecule has 0 heterocycles. The lowest BCUT2D eigenvalue weighted by atomic mass is 10.2. The van der Waals surface area contributed by atoms with E-state index in [0.717, 1.165) is 10.4 Å². The van der Waals surface area contributed by atoms with Gasteiger partial charge in [0.1, 0.15) is 6.54 Å². The number of nitrogens with zero attached hydrogens (tertiary/aromatic N) is 2. The SMILES string of the molecule is CC(=O)Nc1ccc(S(=O)(=O)N(CC(=O)Cl)c2ccc([N+](=O)[O-])cc2C)cc1. The standard InChI is InChI=1S/C17H16ClN3O6S/c1-11-9-14(21(24)25)5-8-16(11)20(10-17(18)23)28(26,27)15-6-3-13(4-7-15)19-12(2)22/h3-9H,10H2,1-2H3,(H,19,22). The van der Waals surface area contributed by atoms with E-state index in [9.17, 15) is 28.1 Å². The lowest BCUT2D eigenvalue weighted by Gasteiger charge is -2.24. The van der Waals surface area contributed by atoms with E-state index in [4.69, 9.17) is 11.6 Å². The highest BCUT2D eigenvalue weighted by Gasteiger charge is 2.28. The second-order valence-electron chi connectivity index (χ2n) is 5.80. The first kappa shape index (κ1) is 21.3. The van der Waals surface area contributed by atoms with E-state index in [-0.39, 0.29) is 27.7 Å². The predicted molar refractivity (Wildman–Crippen MR) is 104 cm³/mol. The zero-order valence-electron chi connectivity index (χ0n) is 14.9. The molecule has 0 aliphatic rings. The third-order valence-corrected chi connectivity index (χ3v) is 5.58. The van der Waals surface area contributed by atoms with E-state index >= 15 is 0 Å². The second-order valence-corrected chi connectivity index (χ2v) is 8.08. The summed E-state index contributed by atoms with van der Waals surface area (Å²) in [5.74, 6) is -0.313. The number of benzene rings is 2. The van der Waals surface area contributed by atoms with Gasteiger partial charge in [-0.3, -0.25) is 24.0 Å². The number of nitro groups is 1. The van der Waals surface area contributed by atoms with Crippen molar-refractivity contribution in [3.63, 3.8) is 0 Å². The van der Waals surface area contributed by atoms with Crippen LogP contribution >= 0.6 is 11.6 Å². The monoisotopic (exact) mass is 425 g/mol. The summed E-state index contributed by atoms with van der Waals surface area (Å²) < 4.78 is 26.9. The summed E-state index contributed by atoms with van der Waals surface area (Å²) >= 11 is 5.43. The van der Waals surface area contributed by atoms with Gasteiger partial charge in [-0.1, -0.05) is 0 Å². The third-order valence-electron chi connectivity index (χ3n) is 3.69. The van der Waals surface area contributed by atoms with Crippen LogP contribution in [0.1, 0.15) is 12.5 Å². The summed E-state index contributed by atoms with van der Waals surface area (Å²) in [5, 5.41) is 12.5. The van der Waals surface area contributed by atoms with Gasteiger partial charge in [0.2, 0.25) is 11.1 Å². The Labute approximate surface area is 166 Å². The van der Waals surface area contributed by atoms with Gasteiger partial charge in [-0.25, -0.2) is 8.42 Å². The Kier molecular flexibility index (Phi) is 6.37. The lowest BCUT2D eigenvalue weighted by molar-refractivity contribution is -0.384. The van der Waals surface area contributed by atoms with Crippen LogP contribution in [0, 0.1) is 17.0 Å². The third kappa shape index (κ3) is 4.84. The van der Waals surface area contributed by atoms with Gasteiger partial charge in [-0.15, -0.1) is 0 Å². The van der Waals surface area contributed by atoms with Gasteiger partial charge < -0.3 is 5.32 Å². The molecule has 0 aliphatic carbocycles. The van der Waals surface area contributed by atoms with E-state index in [1.165, 1.54) is 50.2 Å². The summed E-state index contributed by atoms with van der Waals surface area (Å²) in [6.45, 7) is 2.15. The first-order chi connectivity index (χ1) is 13.0.